The second-order valence-corrected chi connectivity index (χ2v) is 5.76. The van der Waals surface area contributed by atoms with Crippen molar-refractivity contribution in [3.05, 3.63) is 27.7 Å². The minimum atomic E-state index is 0.822. The van der Waals surface area contributed by atoms with Gasteiger partial charge in [0.1, 0.15) is 5.75 Å². The second-order valence-electron chi connectivity index (χ2n) is 4.85. The highest BCUT2D eigenvalue weighted by Crippen LogP contribution is 2.33. The molecule has 3 nitrogen and oxygen atoms in total. The predicted octanol–water partition coefficient (Wildman–Crippen LogP) is 2.43. The van der Waals surface area contributed by atoms with Gasteiger partial charge in [0, 0.05) is 23.0 Å². The zero-order valence-corrected chi connectivity index (χ0v) is 12.7. The summed E-state index contributed by atoms with van der Waals surface area (Å²) in [4.78, 5) is 2.35. The van der Waals surface area contributed by atoms with Crippen molar-refractivity contribution in [3.8, 4) is 5.75 Å². The quantitative estimate of drug-likeness (QED) is 0.817. The molecule has 0 spiro atoms. The molecular weight excluding hydrogens is 292 g/mol. The molecule has 0 saturated carbocycles. The summed E-state index contributed by atoms with van der Waals surface area (Å²) in [6.07, 6.45) is 2.20. The molecule has 0 atom stereocenters. The van der Waals surface area contributed by atoms with Crippen LogP contribution in [-0.4, -0.2) is 38.7 Å². The van der Waals surface area contributed by atoms with Gasteiger partial charge in [-0.2, -0.15) is 0 Å². The number of hydrogen-bond donors (Lipinski definition) is 1. The van der Waals surface area contributed by atoms with Crippen molar-refractivity contribution in [2.24, 2.45) is 0 Å². The Balaban J connectivity index is 2.00. The summed E-state index contributed by atoms with van der Waals surface area (Å²) < 4.78 is 6.91. The van der Waals surface area contributed by atoms with E-state index in [0.717, 1.165) is 42.9 Å². The number of nitrogens with one attached hydrogen (secondary N) is 1. The number of hydrogen-bond acceptors (Lipinski definition) is 3. The van der Waals surface area contributed by atoms with Crippen molar-refractivity contribution in [2.75, 3.05) is 33.8 Å². The van der Waals surface area contributed by atoms with Crippen LogP contribution in [0.15, 0.2) is 16.6 Å². The van der Waals surface area contributed by atoms with Crippen molar-refractivity contribution in [1.29, 1.82) is 0 Å². The van der Waals surface area contributed by atoms with Gasteiger partial charge in [-0.1, -0.05) is 15.9 Å². The van der Waals surface area contributed by atoms with Crippen molar-refractivity contribution in [2.45, 2.75) is 19.4 Å². The van der Waals surface area contributed by atoms with Crippen molar-refractivity contribution >= 4 is 15.9 Å². The van der Waals surface area contributed by atoms with E-state index in [0.29, 0.717) is 0 Å². The van der Waals surface area contributed by atoms with E-state index in [9.17, 15) is 0 Å². The lowest BCUT2D eigenvalue weighted by Gasteiger charge is -2.18. The van der Waals surface area contributed by atoms with Gasteiger partial charge < -0.3 is 15.0 Å². The molecule has 1 N–H and O–H groups in total. The van der Waals surface area contributed by atoms with Crippen molar-refractivity contribution in [3.63, 3.8) is 0 Å². The summed E-state index contributed by atoms with van der Waals surface area (Å²) in [5, 5.41) is 3.18. The highest BCUT2D eigenvalue weighted by molar-refractivity contribution is 9.10. The fourth-order valence-electron chi connectivity index (χ4n) is 2.36. The van der Waals surface area contributed by atoms with E-state index in [2.05, 4.69) is 45.3 Å². The lowest BCUT2D eigenvalue weighted by Crippen LogP contribution is -2.22. The first-order valence-electron chi connectivity index (χ1n) is 6.48. The molecule has 1 heterocycles. The molecule has 0 amide bonds. The second kappa shape index (κ2) is 6.55. The average molecular weight is 313 g/mol. The average Bonchev–Trinajstić information content (AvgIpc) is 2.77. The standard InChI is InChI=1S/C14H21BrN2O/c1-16-5-3-6-17(2)10-12-9-13(15)8-11-4-7-18-14(11)12/h8-9,16H,3-7,10H2,1-2H3. The fraction of sp³-hybridized carbons (Fsp3) is 0.571. The topological polar surface area (TPSA) is 24.5 Å². The van der Waals surface area contributed by atoms with Crippen LogP contribution < -0.4 is 10.1 Å². The molecule has 0 aromatic heterocycles. The Morgan fingerprint density at radius 3 is 3.06 bits per heavy atom. The summed E-state index contributed by atoms with van der Waals surface area (Å²) in [5.41, 5.74) is 2.63. The van der Waals surface area contributed by atoms with Gasteiger partial charge in [0.25, 0.3) is 0 Å². The smallest absolute Gasteiger partial charge is 0.127 e. The van der Waals surface area contributed by atoms with Gasteiger partial charge in [0.15, 0.2) is 0 Å². The van der Waals surface area contributed by atoms with Crippen LogP contribution in [0.25, 0.3) is 0 Å². The zero-order chi connectivity index (χ0) is 13.0. The van der Waals surface area contributed by atoms with E-state index in [1.807, 2.05) is 7.05 Å². The minimum Gasteiger partial charge on any atom is -0.493 e. The Kier molecular flexibility index (Phi) is 5.03. The van der Waals surface area contributed by atoms with Crippen LogP contribution in [0, 0.1) is 0 Å². The number of halogens is 1. The molecule has 1 aromatic rings. The SMILES string of the molecule is CNCCCN(C)Cc1cc(Br)cc2c1OCC2. The molecule has 0 saturated heterocycles. The molecule has 0 fully saturated rings. The maximum absolute atomic E-state index is 5.75. The van der Waals surface area contributed by atoms with Gasteiger partial charge >= 0.3 is 0 Å². The highest BCUT2D eigenvalue weighted by Gasteiger charge is 2.18. The Bertz CT molecular complexity index is 409. The lowest BCUT2D eigenvalue weighted by atomic mass is 10.1. The van der Waals surface area contributed by atoms with Gasteiger partial charge in [-0.05, 0) is 51.3 Å². The van der Waals surface area contributed by atoms with Crippen molar-refractivity contribution < 1.29 is 4.74 Å². The van der Waals surface area contributed by atoms with Gasteiger partial charge in [-0.15, -0.1) is 0 Å². The molecule has 1 aliphatic rings. The normalized spacial score (nSPS) is 13.8. The summed E-state index contributed by atoms with van der Waals surface area (Å²) in [6, 6.07) is 4.35. The largest absolute Gasteiger partial charge is 0.493 e. The molecule has 0 radical (unpaired) electrons. The van der Waals surface area contributed by atoms with Gasteiger partial charge in [-0.25, -0.2) is 0 Å². The molecule has 18 heavy (non-hydrogen) atoms. The summed E-state index contributed by atoms with van der Waals surface area (Å²) in [5.74, 6) is 1.11. The number of nitrogens with zero attached hydrogens (tertiary/aromatic N) is 1. The maximum Gasteiger partial charge on any atom is 0.127 e. The van der Waals surface area contributed by atoms with Gasteiger partial charge in [0.2, 0.25) is 0 Å². The Morgan fingerprint density at radius 2 is 2.28 bits per heavy atom. The third kappa shape index (κ3) is 3.46. The Labute approximate surface area is 118 Å². The van der Waals surface area contributed by atoms with E-state index in [-0.39, 0.29) is 0 Å². The van der Waals surface area contributed by atoms with Crippen LogP contribution in [0.4, 0.5) is 0 Å². The highest BCUT2D eigenvalue weighted by atomic mass is 79.9. The number of fused-ring (bicyclic) bond motifs is 1. The third-order valence-corrected chi connectivity index (χ3v) is 3.69. The molecule has 0 bridgehead atoms. The Hall–Kier alpha value is -0.580. The molecule has 1 aliphatic heterocycles. The molecular formula is C14H21BrN2O. The summed E-state index contributed by atoms with van der Waals surface area (Å²) >= 11 is 3.59. The summed E-state index contributed by atoms with van der Waals surface area (Å²) in [6.45, 7) is 3.94. The van der Waals surface area contributed by atoms with E-state index in [1.54, 1.807) is 0 Å². The van der Waals surface area contributed by atoms with Crippen molar-refractivity contribution in [1.82, 2.24) is 10.2 Å². The van der Waals surface area contributed by atoms with Crippen LogP contribution in [0.3, 0.4) is 0 Å². The summed E-state index contributed by atoms with van der Waals surface area (Å²) in [7, 11) is 4.16. The lowest BCUT2D eigenvalue weighted by molar-refractivity contribution is 0.306. The van der Waals surface area contributed by atoms with Crippen LogP contribution in [-0.2, 0) is 13.0 Å². The van der Waals surface area contributed by atoms with Crippen LogP contribution >= 0.6 is 15.9 Å². The van der Waals surface area contributed by atoms with E-state index in [4.69, 9.17) is 4.74 Å². The monoisotopic (exact) mass is 312 g/mol. The first-order valence-corrected chi connectivity index (χ1v) is 7.27. The van der Waals surface area contributed by atoms with Gasteiger partial charge in [-0.3, -0.25) is 0 Å². The van der Waals surface area contributed by atoms with E-state index < -0.39 is 0 Å². The minimum absolute atomic E-state index is 0.822. The van der Waals surface area contributed by atoms with Crippen LogP contribution in [0.2, 0.25) is 0 Å². The molecule has 4 heteroatoms. The van der Waals surface area contributed by atoms with Crippen LogP contribution in [0.1, 0.15) is 17.5 Å². The number of ether oxygens (including phenoxy) is 1. The molecule has 0 unspecified atom stereocenters. The molecule has 0 aliphatic carbocycles. The van der Waals surface area contributed by atoms with Crippen LogP contribution in [0.5, 0.6) is 5.75 Å². The first-order chi connectivity index (χ1) is 8.70. The predicted molar refractivity (Wildman–Crippen MR) is 78.2 cm³/mol. The fourth-order valence-corrected chi connectivity index (χ4v) is 2.91. The number of benzene rings is 1. The Morgan fingerprint density at radius 1 is 1.44 bits per heavy atom. The zero-order valence-electron chi connectivity index (χ0n) is 11.1. The molecule has 2 rings (SSSR count). The number of rotatable bonds is 6. The molecule has 100 valence electrons. The van der Waals surface area contributed by atoms with E-state index >= 15 is 0 Å². The van der Waals surface area contributed by atoms with Gasteiger partial charge in [0.05, 0.1) is 6.61 Å². The first kappa shape index (κ1) is 13.8. The molecule has 1 aromatic carbocycles. The third-order valence-electron chi connectivity index (χ3n) is 3.23. The maximum atomic E-state index is 5.75. The van der Waals surface area contributed by atoms with E-state index in [1.165, 1.54) is 17.5 Å².